The summed E-state index contributed by atoms with van der Waals surface area (Å²) in [7, 11) is -3.24. The molecular weight excluding hydrogens is 521 g/mol. The van der Waals surface area contributed by atoms with Crippen molar-refractivity contribution >= 4 is 7.60 Å². The third kappa shape index (κ3) is 9.63. The molecule has 0 amide bonds. The molecule has 0 fully saturated rings. The van der Waals surface area contributed by atoms with Crippen molar-refractivity contribution in [2.24, 2.45) is 0 Å². The fraction of sp³-hybridized carbons (Fsp3) is 0.226. The molecule has 0 atom stereocenters. The van der Waals surface area contributed by atoms with Gasteiger partial charge in [0, 0.05) is 0 Å². The normalized spacial score (nSPS) is 10.9. The number of hydrogen-bond acceptors (Lipinski definition) is 5. The number of para-hydroxylation sites is 2. The minimum atomic E-state index is -3.24. The van der Waals surface area contributed by atoms with Gasteiger partial charge in [-0.1, -0.05) is 55.5 Å². The van der Waals surface area contributed by atoms with Gasteiger partial charge in [0.1, 0.15) is 11.5 Å². The second-order valence-electron chi connectivity index (χ2n) is 8.32. The maximum absolute atomic E-state index is 13.9. The van der Waals surface area contributed by atoms with Gasteiger partial charge in [-0.05, 0) is 79.9 Å². The third-order valence-corrected chi connectivity index (χ3v) is 7.42. The van der Waals surface area contributed by atoms with Crippen LogP contribution < -0.4 is 9.47 Å². The summed E-state index contributed by atoms with van der Waals surface area (Å²) in [5.74, 6) is 0.719. The van der Waals surface area contributed by atoms with E-state index < -0.39 is 13.4 Å². The fourth-order valence-corrected chi connectivity index (χ4v) is 5.23. The van der Waals surface area contributed by atoms with Crippen LogP contribution in [0.2, 0.25) is 0 Å². The highest BCUT2D eigenvalue weighted by Gasteiger charge is 2.24. The molecule has 206 valence electrons. The first-order valence-corrected chi connectivity index (χ1v) is 14.5. The van der Waals surface area contributed by atoms with Crippen LogP contribution in [0.15, 0.2) is 97.1 Å². The highest BCUT2D eigenvalue weighted by Crippen LogP contribution is 2.51. The summed E-state index contributed by atoms with van der Waals surface area (Å²) < 4.78 is 61.5. The van der Waals surface area contributed by atoms with Gasteiger partial charge in [0.2, 0.25) is 0 Å². The highest BCUT2D eigenvalue weighted by atomic mass is 31.2. The summed E-state index contributed by atoms with van der Waals surface area (Å²) in [6.45, 7) is 6.10. The molecule has 0 aliphatic carbocycles. The van der Waals surface area contributed by atoms with Crippen molar-refractivity contribution in [3.05, 3.63) is 120 Å². The van der Waals surface area contributed by atoms with E-state index in [1.54, 1.807) is 68.4 Å². The molecule has 0 saturated heterocycles. The molecule has 0 unspecified atom stereocenters. The van der Waals surface area contributed by atoms with Gasteiger partial charge in [-0.25, -0.2) is 8.78 Å². The van der Waals surface area contributed by atoms with Gasteiger partial charge in [-0.3, -0.25) is 4.57 Å². The zero-order chi connectivity index (χ0) is 28.1. The molecule has 0 aliphatic heterocycles. The molecule has 5 nitrogen and oxygen atoms in total. The number of rotatable bonds is 11. The topological polar surface area (TPSA) is 54.0 Å². The van der Waals surface area contributed by atoms with E-state index in [-0.39, 0.29) is 36.7 Å². The van der Waals surface area contributed by atoms with Crippen molar-refractivity contribution in [1.82, 2.24) is 0 Å². The van der Waals surface area contributed by atoms with Crippen molar-refractivity contribution in [3.63, 3.8) is 0 Å². The quantitative estimate of drug-likeness (QED) is 0.173. The summed E-state index contributed by atoms with van der Waals surface area (Å²) in [5, 5.41) is 0. The maximum Gasteiger partial charge on any atom is 0.335 e. The Hall–Kier alpha value is -3.51. The van der Waals surface area contributed by atoms with Crippen LogP contribution in [-0.2, 0) is 26.2 Å². The van der Waals surface area contributed by atoms with Gasteiger partial charge in [-0.15, -0.1) is 0 Å². The van der Waals surface area contributed by atoms with Crippen molar-refractivity contribution in [2.45, 2.75) is 33.4 Å². The molecule has 0 radical (unpaired) electrons. The van der Waals surface area contributed by atoms with Crippen LogP contribution in [0.1, 0.15) is 31.9 Å². The summed E-state index contributed by atoms with van der Waals surface area (Å²) >= 11 is 0. The molecular formula is C31H33F2O5P. The van der Waals surface area contributed by atoms with Crippen LogP contribution in [0, 0.1) is 11.6 Å². The average molecular weight is 555 g/mol. The minimum Gasteiger partial charge on any atom is -0.454 e. The van der Waals surface area contributed by atoms with E-state index in [0.29, 0.717) is 17.1 Å². The molecule has 4 rings (SSSR count). The first kappa shape index (κ1) is 30.0. The first-order chi connectivity index (χ1) is 18.9. The maximum atomic E-state index is 13.9. The minimum absolute atomic E-state index is 0.0696. The van der Waals surface area contributed by atoms with Crippen LogP contribution in [0.4, 0.5) is 8.78 Å². The SMILES string of the molecule is CCOP(=O)(Cc1ccc(F)c(Oc2ccccc2)c1)OCC.CCc1ccc(F)c(Oc2ccccc2)c1. The van der Waals surface area contributed by atoms with E-state index in [9.17, 15) is 13.3 Å². The molecule has 0 spiro atoms. The van der Waals surface area contributed by atoms with E-state index in [2.05, 4.69) is 0 Å². The molecule has 4 aromatic carbocycles. The Balaban J connectivity index is 0.000000230. The van der Waals surface area contributed by atoms with Crippen LogP contribution in [-0.4, -0.2) is 13.2 Å². The zero-order valence-corrected chi connectivity index (χ0v) is 23.2. The second-order valence-corrected chi connectivity index (χ2v) is 10.4. The molecule has 0 N–H and O–H groups in total. The average Bonchev–Trinajstić information content (AvgIpc) is 2.93. The molecule has 0 aliphatic rings. The standard InChI is InChI=1S/C17H20FO4P.C14H13FO/c1-3-20-23(19,21-4-2)13-14-10-11-16(18)17(12-14)22-15-8-6-5-7-9-15;1-2-11-8-9-13(15)14(10-11)16-12-6-4-3-5-7-12/h5-12H,3-4,13H2,1-2H3;3-10H,2H2,1H3. The van der Waals surface area contributed by atoms with Crippen LogP contribution in [0.3, 0.4) is 0 Å². The van der Waals surface area contributed by atoms with Crippen molar-refractivity contribution in [2.75, 3.05) is 13.2 Å². The van der Waals surface area contributed by atoms with Crippen molar-refractivity contribution in [3.8, 4) is 23.0 Å². The van der Waals surface area contributed by atoms with Gasteiger partial charge in [0.05, 0.1) is 19.4 Å². The summed E-state index contributed by atoms with van der Waals surface area (Å²) in [6.07, 6.45) is 0.936. The van der Waals surface area contributed by atoms with Crippen LogP contribution in [0.5, 0.6) is 23.0 Å². The van der Waals surface area contributed by atoms with Crippen molar-refractivity contribution in [1.29, 1.82) is 0 Å². The Kier molecular flexibility index (Phi) is 11.7. The van der Waals surface area contributed by atoms with E-state index in [4.69, 9.17) is 18.5 Å². The van der Waals surface area contributed by atoms with E-state index in [1.165, 1.54) is 18.2 Å². The Morgan fingerprint density at radius 2 is 1.05 bits per heavy atom. The number of aryl methyl sites for hydroxylation is 1. The lowest BCUT2D eigenvalue weighted by atomic mass is 10.1. The molecule has 39 heavy (non-hydrogen) atoms. The van der Waals surface area contributed by atoms with Gasteiger partial charge >= 0.3 is 7.60 Å². The predicted molar refractivity (Wildman–Crippen MR) is 150 cm³/mol. The first-order valence-electron chi connectivity index (χ1n) is 12.8. The molecule has 0 bridgehead atoms. The van der Waals surface area contributed by atoms with E-state index in [1.807, 2.05) is 31.2 Å². The predicted octanol–water partition coefficient (Wildman–Crippen LogP) is 9.56. The van der Waals surface area contributed by atoms with Crippen LogP contribution >= 0.6 is 7.60 Å². The lowest BCUT2D eigenvalue weighted by Crippen LogP contribution is -2.00. The lowest BCUT2D eigenvalue weighted by Gasteiger charge is -2.17. The van der Waals surface area contributed by atoms with Gasteiger partial charge in [-0.2, -0.15) is 0 Å². The van der Waals surface area contributed by atoms with Gasteiger partial charge < -0.3 is 18.5 Å². The smallest absolute Gasteiger partial charge is 0.335 e. The Bertz CT molecular complexity index is 1340. The number of halogens is 2. The molecule has 4 aromatic rings. The number of hydrogen-bond donors (Lipinski definition) is 0. The molecule has 0 aromatic heterocycles. The van der Waals surface area contributed by atoms with E-state index in [0.717, 1.165) is 12.0 Å². The molecule has 0 saturated carbocycles. The Labute approximate surface area is 228 Å². The zero-order valence-electron chi connectivity index (χ0n) is 22.3. The van der Waals surface area contributed by atoms with E-state index >= 15 is 0 Å². The Morgan fingerprint density at radius 3 is 1.49 bits per heavy atom. The fourth-order valence-electron chi connectivity index (χ4n) is 3.55. The third-order valence-electron chi connectivity index (χ3n) is 5.37. The molecule has 0 heterocycles. The van der Waals surface area contributed by atoms with Crippen LogP contribution in [0.25, 0.3) is 0 Å². The summed E-state index contributed by atoms with van der Waals surface area (Å²) in [5.41, 5.74) is 1.69. The van der Waals surface area contributed by atoms with Crippen molar-refractivity contribution < 1.29 is 31.9 Å². The largest absolute Gasteiger partial charge is 0.454 e. The number of benzene rings is 4. The van der Waals surface area contributed by atoms with Gasteiger partial charge in [0.15, 0.2) is 23.1 Å². The van der Waals surface area contributed by atoms with Gasteiger partial charge in [0.25, 0.3) is 0 Å². The monoisotopic (exact) mass is 554 g/mol. The highest BCUT2D eigenvalue weighted by molar-refractivity contribution is 7.53. The summed E-state index contributed by atoms with van der Waals surface area (Å²) in [6, 6.07) is 27.4. The molecule has 8 heteroatoms. The summed E-state index contributed by atoms with van der Waals surface area (Å²) in [4.78, 5) is 0. The lowest BCUT2D eigenvalue weighted by molar-refractivity contribution is 0.219. The number of ether oxygens (including phenoxy) is 2. The second kappa shape index (κ2) is 15.2. The Morgan fingerprint density at radius 1 is 0.615 bits per heavy atom.